The molecule has 0 saturated heterocycles. The minimum absolute atomic E-state index is 0.0611. The minimum Gasteiger partial charge on any atom is -0.391 e. The van der Waals surface area contributed by atoms with Crippen LogP contribution < -0.4 is 0 Å². The molecule has 6 heteroatoms. The first kappa shape index (κ1) is 11.6. The molecule has 1 aromatic heterocycles. The van der Waals surface area contributed by atoms with E-state index in [0.29, 0.717) is 8.79 Å². The summed E-state index contributed by atoms with van der Waals surface area (Å²) < 4.78 is 27.1. The van der Waals surface area contributed by atoms with Crippen molar-refractivity contribution in [3.63, 3.8) is 0 Å². The molecule has 0 spiro atoms. The fourth-order valence-corrected chi connectivity index (χ4v) is 2.75. The van der Waals surface area contributed by atoms with Crippen molar-refractivity contribution < 1.29 is 13.9 Å². The molecule has 0 atom stereocenters. The molecule has 2 aromatic rings. The van der Waals surface area contributed by atoms with E-state index in [1.54, 1.807) is 0 Å². The fraction of sp³-hybridized carbons (Fsp3) is 0.100. The summed E-state index contributed by atoms with van der Waals surface area (Å²) in [5.41, 5.74) is 0.336. The molecule has 0 amide bonds. The average molecular weight is 306 g/mol. The van der Waals surface area contributed by atoms with Gasteiger partial charge in [-0.05, 0) is 28.1 Å². The highest BCUT2D eigenvalue weighted by Crippen LogP contribution is 2.33. The van der Waals surface area contributed by atoms with Gasteiger partial charge in [-0.2, -0.15) is 0 Å². The summed E-state index contributed by atoms with van der Waals surface area (Å²) in [6, 6.07) is 3.88. The first-order valence-electron chi connectivity index (χ1n) is 4.34. The Morgan fingerprint density at radius 3 is 2.81 bits per heavy atom. The third kappa shape index (κ3) is 2.00. The molecule has 1 heterocycles. The summed E-state index contributed by atoms with van der Waals surface area (Å²) in [6.45, 7) is -0.255. The zero-order valence-corrected chi connectivity index (χ0v) is 10.3. The van der Waals surface area contributed by atoms with Crippen LogP contribution >= 0.6 is 27.3 Å². The number of thiazole rings is 1. The van der Waals surface area contributed by atoms with Crippen LogP contribution in [0.2, 0.25) is 0 Å². The van der Waals surface area contributed by atoms with E-state index in [1.807, 2.05) is 0 Å². The molecule has 0 fully saturated rings. The smallest absolute Gasteiger partial charge is 0.168 e. The largest absolute Gasteiger partial charge is 0.391 e. The van der Waals surface area contributed by atoms with Gasteiger partial charge in [0.05, 0.1) is 17.2 Å². The number of nitrogens with zero attached hydrogens (tertiary/aromatic N) is 1. The van der Waals surface area contributed by atoms with Crippen LogP contribution in [0.5, 0.6) is 0 Å². The molecular weight excluding hydrogens is 300 g/mol. The van der Waals surface area contributed by atoms with E-state index < -0.39 is 11.6 Å². The Morgan fingerprint density at radius 1 is 1.38 bits per heavy atom. The summed E-state index contributed by atoms with van der Waals surface area (Å²) in [4.78, 5) is 4.52. The Hall–Kier alpha value is -0.850. The average Bonchev–Trinajstić information content (AvgIpc) is 2.63. The molecule has 0 aliphatic carbocycles. The number of benzene rings is 1. The van der Waals surface area contributed by atoms with Gasteiger partial charge in [-0.1, -0.05) is 6.07 Å². The summed E-state index contributed by atoms with van der Waals surface area (Å²) in [5, 5.41) is 9.09. The lowest BCUT2D eigenvalue weighted by Crippen LogP contribution is -1.92. The molecule has 1 aromatic carbocycles. The summed E-state index contributed by atoms with van der Waals surface area (Å²) in [7, 11) is 0. The van der Waals surface area contributed by atoms with Crippen molar-refractivity contribution in [2.24, 2.45) is 0 Å². The van der Waals surface area contributed by atoms with Crippen LogP contribution in [0.3, 0.4) is 0 Å². The molecule has 0 radical (unpaired) electrons. The number of hydrogen-bond acceptors (Lipinski definition) is 3. The van der Waals surface area contributed by atoms with Gasteiger partial charge in [0.25, 0.3) is 0 Å². The topological polar surface area (TPSA) is 33.1 Å². The van der Waals surface area contributed by atoms with Crippen molar-refractivity contribution in [1.29, 1.82) is 0 Å². The zero-order valence-electron chi connectivity index (χ0n) is 7.88. The van der Waals surface area contributed by atoms with Gasteiger partial charge < -0.3 is 5.11 Å². The van der Waals surface area contributed by atoms with Gasteiger partial charge in [0, 0.05) is 5.56 Å². The van der Waals surface area contributed by atoms with Crippen molar-refractivity contribution in [3.05, 3.63) is 38.6 Å². The predicted molar refractivity (Wildman–Crippen MR) is 61.1 cm³/mol. The SMILES string of the molecule is OCc1sc(Br)nc1-c1cccc(F)c1F. The Bertz CT molecular complexity index is 530. The lowest BCUT2D eigenvalue weighted by Gasteiger charge is -2.02. The van der Waals surface area contributed by atoms with Crippen molar-refractivity contribution >= 4 is 27.3 Å². The highest BCUT2D eigenvalue weighted by atomic mass is 79.9. The number of aromatic nitrogens is 1. The Morgan fingerprint density at radius 2 is 2.12 bits per heavy atom. The number of aliphatic hydroxyl groups excluding tert-OH is 1. The normalized spacial score (nSPS) is 10.8. The maximum atomic E-state index is 13.5. The van der Waals surface area contributed by atoms with Gasteiger partial charge in [0.1, 0.15) is 0 Å². The molecule has 0 bridgehead atoms. The molecule has 0 saturated carbocycles. The zero-order chi connectivity index (χ0) is 11.7. The van der Waals surface area contributed by atoms with E-state index in [0.717, 1.165) is 6.07 Å². The molecule has 1 N–H and O–H groups in total. The molecule has 0 aliphatic rings. The standard InChI is InChI=1S/C10H6BrF2NOS/c11-10-14-9(7(4-15)16-10)5-2-1-3-6(12)8(5)13/h1-3,15H,4H2. The lowest BCUT2D eigenvalue weighted by atomic mass is 10.1. The Balaban J connectivity index is 2.62. The summed E-state index contributed by atoms with van der Waals surface area (Å²) in [6.07, 6.45) is 0. The van der Waals surface area contributed by atoms with Crippen molar-refractivity contribution in [2.75, 3.05) is 0 Å². The van der Waals surface area contributed by atoms with Crippen LogP contribution in [-0.4, -0.2) is 10.1 Å². The van der Waals surface area contributed by atoms with Crippen LogP contribution in [-0.2, 0) is 6.61 Å². The van der Waals surface area contributed by atoms with Gasteiger partial charge in [-0.25, -0.2) is 13.8 Å². The van der Waals surface area contributed by atoms with Crippen molar-refractivity contribution in [2.45, 2.75) is 6.61 Å². The molecule has 2 rings (SSSR count). The summed E-state index contributed by atoms with van der Waals surface area (Å²) >= 11 is 4.33. The van der Waals surface area contributed by atoms with Crippen LogP contribution in [0.4, 0.5) is 8.78 Å². The number of rotatable bonds is 2. The fourth-order valence-electron chi connectivity index (χ4n) is 1.33. The van der Waals surface area contributed by atoms with E-state index in [1.165, 1.54) is 23.5 Å². The number of halogens is 3. The molecular formula is C10H6BrF2NOS. The van der Waals surface area contributed by atoms with Crippen LogP contribution in [0.1, 0.15) is 4.88 Å². The highest BCUT2D eigenvalue weighted by molar-refractivity contribution is 9.11. The van der Waals surface area contributed by atoms with Gasteiger partial charge in [0.2, 0.25) is 0 Å². The quantitative estimate of drug-likeness (QED) is 0.923. The molecule has 0 aliphatic heterocycles. The van der Waals surface area contributed by atoms with Gasteiger partial charge in [-0.3, -0.25) is 0 Å². The van der Waals surface area contributed by atoms with E-state index in [9.17, 15) is 8.78 Å². The van der Waals surface area contributed by atoms with E-state index >= 15 is 0 Å². The van der Waals surface area contributed by atoms with Gasteiger partial charge in [0.15, 0.2) is 15.6 Å². The van der Waals surface area contributed by atoms with E-state index in [4.69, 9.17) is 5.11 Å². The summed E-state index contributed by atoms with van der Waals surface area (Å²) in [5.74, 6) is -1.87. The molecule has 84 valence electrons. The first-order valence-corrected chi connectivity index (χ1v) is 5.95. The molecule has 2 nitrogen and oxygen atoms in total. The molecule has 0 unspecified atom stereocenters. The van der Waals surface area contributed by atoms with Crippen LogP contribution in [0.15, 0.2) is 22.1 Å². The lowest BCUT2D eigenvalue weighted by molar-refractivity contribution is 0.286. The first-order chi connectivity index (χ1) is 7.63. The Kier molecular flexibility index (Phi) is 3.32. The second-order valence-electron chi connectivity index (χ2n) is 3.00. The van der Waals surface area contributed by atoms with E-state index in [-0.39, 0.29) is 17.9 Å². The third-order valence-electron chi connectivity index (χ3n) is 2.02. The van der Waals surface area contributed by atoms with Gasteiger partial charge >= 0.3 is 0 Å². The highest BCUT2D eigenvalue weighted by Gasteiger charge is 2.16. The van der Waals surface area contributed by atoms with Crippen molar-refractivity contribution in [1.82, 2.24) is 4.98 Å². The second-order valence-corrected chi connectivity index (χ2v) is 5.36. The second kappa shape index (κ2) is 4.57. The maximum Gasteiger partial charge on any atom is 0.168 e. The van der Waals surface area contributed by atoms with Crippen molar-refractivity contribution in [3.8, 4) is 11.3 Å². The maximum absolute atomic E-state index is 13.5. The Labute approximate surface area is 103 Å². The molecule has 16 heavy (non-hydrogen) atoms. The van der Waals surface area contributed by atoms with Gasteiger partial charge in [-0.15, -0.1) is 11.3 Å². The predicted octanol–water partition coefficient (Wildman–Crippen LogP) is 3.34. The number of hydrogen-bond donors (Lipinski definition) is 1. The third-order valence-corrected chi connectivity index (χ3v) is 3.51. The number of aliphatic hydroxyl groups is 1. The van der Waals surface area contributed by atoms with Crippen LogP contribution in [0, 0.1) is 11.6 Å². The van der Waals surface area contributed by atoms with E-state index in [2.05, 4.69) is 20.9 Å². The monoisotopic (exact) mass is 305 g/mol. The van der Waals surface area contributed by atoms with Crippen LogP contribution in [0.25, 0.3) is 11.3 Å². The minimum atomic E-state index is -0.949.